The normalized spacial score (nSPS) is 16.1. The van der Waals surface area contributed by atoms with Crippen molar-refractivity contribution in [2.24, 2.45) is 5.10 Å². The fourth-order valence-corrected chi connectivity index (χ4v) is 3.85. The molecule has 0 amide bonds. The number of nitrogens with zero attached hydrogens (tertiary/aromatic N) is 2. The predicted octanol–water partition coefficient (Wildman–Crippen LogP) is 6.73. The molecule has 0 N–H and O–H groups in total. The van der Waals surface area contributed by atoms with Crippen molar-refractivity contribution in [2.45, 2.75) is 18.6 Å². The number of ether oxygens (including phenoxy) is 2. The van der Waals surface area contributed by atoms with Gasteiger partial charge in [0.05, 0.1) is 37.2 Å². The third-order valence-corrected chi connectivity index (χ3v) is 5.58. The third-order valence-electron chi connectivity index (χ3n) is 5.33. The molecule has 1 atom stereocenters. The molecule has 32 heavy (non-hydrogen) atoms. The minimum absolute atomic E-state index is 0.339. The van der Waals surface area contributed by atoms with Crippen LogP contribution in [0.1, 0.15) is 29.2 Å². The monoisotopic (exact) mass is 460 g/mol. The molecule has 0 bridgehead atoms. The van der Waals surface area contributed by atoms with Crippen LogP contribution in [0.5, 0.6) is 11.5 Å². The molecule has 0 saturated carbocycles. The van der Waals surface area contributed by atoms with Gasteiger partial charge in [0, 0.05) is 23.1 Å². The van der Waals surface area contributed by atoms with E-state index >= 15 is 0 Å². The molecule has 0 aromatic heterocycles. The van der Waals surface area contributed by atoms with Gasteiger partial charge in [0.2, 0.25) is 0 Å². The maximum atomic E-state index is 13.4. The second-order valence-electron chi connectivity index (χ2n) is 7.27. The molecule has 0 spiro atoms. The maximum Gasteiger partial charge on any atom is 0.416 e. The van der Waals surface area contributed by atoms with Crippen molar-refractivity contribution >= 4 is 23.0 Å². The number of halogens is 4. The number of methoxy groups -OCH3 is 2. The van der Waals surface area contributed by atoms with Gasteiger partial charge < -0.3 is 9.47 Å². The van der Waals surface area contributed by atoms with Gasteiger partial charge >= 0.3 is 6.18 Å². The summed E-state index contributed by atoms with van der Waals surface area (Å²) in [7, 11) is 3.10. The number of hydrogen-bond donors (Lipinski definition) is 0. The Morgan fingerprint density at radius 3 is 2.38 bits per heavy atom. The maximum absolute atomic E-state index is 13.4. The van der Waals surface area contributed by atoms with E-state index < -0.39 is 11.7 Å². The van der Waals surface area contributed by atoms with Crippen molar-refractivity contribution < 1.29 is 22.6 Å². The fourth-order valence-electron chi connectivity index (χ4n) is 3.73. The molecule has 0 saturated heterocycles. The van der Waals surface area contributed by atoms with Gasteiger partial charge in [-0.2, -0.15) is 18.3 Å². The zero-order valence-electron chi connectivity index (χ0n) is 17.4. The van der Waals surface area contributed by atoms with Crippen LogP contribution in [0.3, 0.4) is 0 Å². The minimum Gasteiger partial charge on any atom is -0.497 e. The Hall–Kier alpha value is -3.19. The average Bonchev–Trinajstić information content (AvgIpc) is 3.24. The second kappa shape index (κ2) is 8.74. The van der Waals surface area contributed by atoms with Crippen molar-refractivity contribution in [1.29, 1.82) is 0 Å². The van der Waals surface area contributed by atoms with Crippen LogP contribution in [0.2, 0.25) is 5.02 Å². The minimum atomic E-state index is -4.45. The molecule has 4 nitrogen and oxygen atoms in total. The van der Waals surface area contributed by atoms with Gasteiger partial charge in [-0.1, -0.05) is 29.8 Å². The summed E-state index contributed by atoms with van der Waals surface area (Å²) in [5.41, 5.74) is 1.99. The highest BCUT2D eigenvalue weighted by Crippen LogP contribution is 2.42. The topological polar surface area (TPSA) is 34.1 Å². The van der Waals surface area contributed by atoms with Crippen LogP contribution in [0.25, 0.3) is 0 Å². The van der Waals surface area contributed by atoms with Crippen LogP contribution in [0.15, 0.2) is 71.8 Å². The average molecular weight is 461 g/mol. The van der Waals surface area contributed by atoms with E-state index in [-0.39, 0.29) is 6.04 Å². The molecule has 1 aliphatic heterocycles. The van der Waals surface area contributed by atoms with E-state index in [0.717, 1.165) is 29.0 Å². The summed E-state index contributed by atoms with van der Waals surface area (Å²) < 4.78 is 50.9. The van der Waals surface area contributed by atoms with Crippen molar-refractivity contribution in [3.63, 3.8) is 0 Å². The van der Waals surface area contributed by atoms with E-state index in [0.29, 0.717) is 28.6 Å². The van der Waals surface area contributed by atoms with Gasteiger partial charge in [-0.05, 0) is 48.0 Å². The van der Waals surface area contributed by atoms with Crippen LogP contribution >= 0.6 is 11.6 Å². The second-order valence-corrected chi connectivity index (χ2v) is 7.71. The number of alkyl halides is 3. The molecular weight excluding hydrogens is 441 g/mol. The van der Waals surface area contributed by atoms with Gasteiger partial charge in [0.25, 0.3) is 0 Å². The van der Waals surface area contributed by atoms with E-state index in [9.17, 15) is 13.2 Å². The molecule has 3 aromatic carbocycles. The number of rotatable bonds is 5. The van der Waals surface area contributed by atoms with Crippen LogP contribution in [-0.2, 0) is 6.18 Å². The zero-order valence-corrected chi connectivity index (χ0v) is 18.1. The largest absolute Gasteiger partial charge is 0.497 e. The molecular formula is C24H20ClF3N2O2. The summed E-state index contributed by atoms with van der Waals surface area (Å²) in [6.45, 7) is 0. The summed E-state index contributed by atoms with van der Waals surface area (Å²) in [5, 5.41) is 6.92. The summed E-state index contributed by atoms with van der Waals surface area (Å²) in [6.07, 6.45) is -3.98. The first-order valence-corrected chi connectivity index (χ1v) is 10.2. The lowest BCUT2D eigenvalue weighted by molar-refractivity contribution is -0.137. The summed E-state index contributed by atoms with van der Waals surface area (Å²) in [5.74, 6) is 1.19. The number of anilines is 1. The molecule has 8 heteroatoms. The Morgan fingerprint density at radius 1 is 0.969 bits per heavy atom. The summed E-state index contributed by atoms with van der Waals surface area (Å²) >= 11 is 6.01. The number of hydrazone groups is 1. The first-order valence-electron chi connectivity index (χ1n) is 9.82. The van der Waals surface area contributed by atoms with E-state index in [1.807, 2.05) is 18.2 Å². The predicted molar refractivity (Wildman–Crippen MR) is 119 cm³/mol. The fraction of sp³-hybridized carbons (Fsp3) is 0.208. The quantitative estimate of drug-likeness (QED) is 0.423. The number of benzene rings is 3. The Kier molecular flexibility index (Phi) is 6.02. The lowest BCUT2D eigenvalue weighted by Crippen LogP contribution is -2.20. The van der Waals surface area contributed by atoms with Gasteiger partial charge in [0.1, 0.15) is 11.5 Å². The van der Waals surface area contributed by atoms with Crippen LogP contribution in [0.4, 0.5) is 18.9 Å². The van der Waals surface area contributed by atoms with E-state index in [4.69, 9.17) is 26.2 Å². The molecule has 0 aliphatic carbocycles. The molecule has 0 radical (unpaired) electrons. The first kappa shape index (κ1) is 22.0. The van der Waals surface area contributed by atoms with Gasteiger partial charge in [-0.3, -0.25) is 5.01 Å². The van der Waals surface area contributed by atoms with Crippen molar-refractivity contribution in [3.8, 4) is 11.5 Å². The van der Waals surface area contributed by atoms with Crippen LogP contribution in [0, 0.1) is 0 Å². The highest BCUT2D eigenvalue weighted by Gasteiger charge is 2.35. The molecule has 166 valence electrons. The molecule has 1 aliphatic rings. The number of hydrogen-bond acceptors (Lipinski definition) is 4. The smallest absolute Gasteiger partial charge is 0.416 e. The van der Waals surface area contributed by atoms with E-state index in [2.05, 4.69) is 0 Å². The van der Waals surface area contributed by atoms with Crippen molar-refractivity contribution in [1.82, 2.24) is 0 Å². The molecule has 0 fully saturated rings. The Labute approximate surface area is 188 Å². The molecule has 1 heterocycles. The van der Waals surface area contributed by atoms with Crippen molar-refractivity contribution in [3.05, 3.63) is 88.4 Å². The van der Waals surface area contributed by atoms with E-state index in [1.54, 1.807) is 49.6 Å². The third kappa shape index (κ3) is 4.39. The Morgan fingerprint density at radius 2 is 1.72 bits per heavy atom. The Balaban J connectivity index is 1.81. The van der Waals surface area contributed by atoms with Gasteiger partial charge in [0.15, 0.2) is 0 Å². The first-order chi connectivity index (χ1) is 15.3. The SMILES string of the molecule is COc1ccc(C2CC(c3ccc(Cl)cc3)=NN2c2cccc(C(F)(F)F)c2)c(OC)c1. The van der Waals surface area contributed by atoms with E-state index in [1.165, 1.54) is 6.07 Å². The Bertz CT molecular complexity index is 1150. The molecule has 1 unspecified atom stereocenters. The van der Waals surface area contributed by atoms with Crippen molar-refractivity contribution in [2.75, 3.05) is 19.2 Å². The summed E-state index contributed by atoms with van der Waals surface area (Å²) in [4.78, 5) is 0. The standard InChI is InChI=1S/C24H20ClF3N2O2/c1-31-19-10-11-20(23(13-19)32-2)22-14-21(15-6-8-17(25)9-7-15)29-30(22)18-5-3-4-16(12-18)24(26,27)28/h3-13,22H,14H2,1-2H3. The van der Waals surface area contributed by atoms with Gasteiger partial charge in [-0.15, -0.1) is 0 Å². The van der Waals surface area contributed by atoms with Gasteiger partial charge in [-0.25, -0.2) is 0 Å². The molecule has 4 rings (SSSR count). The zero-order chi connectivity index (χ0) is 22.9. The van der Waals surface area contributed by atoms with Crippen LogP contribution < -0.4 is 14.5 Å². The lowest BCUT2D eigenvalue weighted by Gasteiger charge is -2.26. The summed E-state index contributed by atoms with van der Waals surface area (Å²) in [6, 6.07) is 17.4. The highest BCUT2D eigenvalue weighted by molar-refractivity contribution is 6.30. The highest BCUT2D eigenvalue weighted by atomic mass is 35.5. The van der Waals surface area contributed by atoms with Crippen LogP contribution in [-0.4, -0.2) is 19.9 Å². The molecule has 3 aromatic rings. The lowest BCUT2D eigenvalue weighted by atomic mass is 9.97.